The summed E-state index contributed by atoms with van der Waals surface area (Å²) in [5.41, 5.74) is 1.83. The van der Waals surface area contributed by atoms with Crippen molar-refractivity contribution in [2.45, 2.75) is 24.0 Å². The van der Waals surface area contributed by atoms with Crippen LogP contribution in [0.5, 0.6) is 11.5 Å². The van der Waals surface area contributed by atoms with Crippen LogP contribution in [0.15, 0.2) is 65.6 Å². The Bertz CT molecular complexity index is 1240. The molecule has 1 unspecified atom stereocenters. The van der Waals surface area contributed by atoms with Crippen molar-refractivity contribution in [3.63, 3.8) is 0 Å². The van der Waals surface area contributed by atoms with E-state index in [0.29, 0.717) is 22.9 Å². The van der Waals surface area contributed by atoms with Gasteiger partial charge in [0.25, 0.3) is 11.6 Å². The molecule has 0 fully saturated rings. The molecule has 3 aromatic carbocycles. The highest BCUT2D eigenvalue weighted by molar-refractivity contribution is 8.00. The van der Waals surface area contributed by atoms with E-state index in [-0.39, 0.29) is 17.2 Å². The van der Waals surface area contributed by atoms with Gasteiger partial charge in [-0.2, -0.15) is 0 Å². The molecule has 2 N–H and O–H groups in total. The maximum atomic E-state index is 12.9. The fourth-order valence-electron chi connectivity index (χ4n) is 3.27. The molecule has 0 spiro atoms. The minimum atomic E-state index is -0.506. The number of methoxy groups -OCH3 is 2. The van der Waals surface area contributed by atoms with E-state index in [1.807, 2.05) is 6.07 Å². The first-order valence-corrected chi connectivity index (χ1v) is 11.5. The first-order chi connectivity index (χ1) is 16.7. The summed E-state index contributed by atoms with van der Waals surface area (Å²) in [5.74, 6) is 0.0726. The zero-order chi connectivity index (χ0) is 25.5. The normalized spacial score (nSPS) is 11.3. The van der Waals surface area contributed by atoms with Gasteiger partial charge < -0.3 is 20.1 Å². The lowest BCUT2D eigenvalue weighted by molar-refractivity contribution is -0.384. The number of aryl methyl sites for hydroxylation is 1. The molecule has 10 heteroatoms. The number of benzene rings is 3. The first-order valence-electron chi connectivity index (χ1n) is 10.6. The Balaban J connectivity index is 1.71. The average Bonchev–Trinajstić information content (AvgIpc) is 2.84. The van der Waals surface area contributed by atoms with Crippen molar-refractivity contribution in [1.29, 1.82) is 0 Å². The van der Waals surface area contributed by atoms with Crippen LogP contribution in [0.3, 0.4) is 0 Å². The van der Waals surface area contributed by atoms with Gasteiger partial charge in [0.05, 0.1) is 30.1 Å². The monoisotopic (exact) mass is 495 g/mol. The standard InChI is InChI=1S/C25H25N3O6S/c1-15-11-12-18(28(31)32)14-20(15)27-24(29)16(2)35-19-8-5-7-17(13-19)26-25(30)23-21(33-3)9-6-10-22(23)34-4/h5-14,16H,1-4H3,(H,26,30)(H,27,29). The van der Waals surface area contributed by atoms with Crippen molar-refractivity contribution in [2.75, 3.05) is 24.9 Å². The van der Waals surface area contributed by atoms with Gasteiger partial charge >= 0.3 is 0 Å². The molecule has 0 aliphatic carbocycles. The SMILES string of the molecule is COc1cccc(OC)c1C(=O)Nc1cccc(SC(C)C(=O)Nc2cc([N+](=O)[O-])ccc2C)c1. The molecule has 0 heterocycles. The third-order valence-corrected chi connectivity index (χ3v) is 6.21. The highest BCUT2D eigenvalue weighted by Crippen LogP contribution is 2.31. The van der Waals surface area contributed by atoms with Crippen LogP contribution in [-0.2, 0) is 4.79 Å². The maximum Gasteiger partial charge on any atom is 0.271 e. The topological polar surface area (TPSA) is 120 Å². The minimum Gasteiger partial charge on any atom is -0.496 e. The second-order valence-electron chi connectivity index (χ2n) is 7.53. The molecule has 0 aliphatic rings. The predicted octanol–water partition coefficient (Wildman–Crippen LogP) is 5.29. The number of nitrogens with zero attached hydrogens (tertiary/aromatic N) is 1. The average molecular weight is 496 g/mol. The summed E-state index contributed by atoms with van der Waals surface area (Å²) in [6.07, 6.45) is 0. The lowest BCUT2D eigenvalue weighted by Crippen LogP contribution is -2.23. The number of carbonyl (C=O) groups is 2. The summed E-state index contributed by atoms with van der Waals surface area (Å²) in [7, 11) is 2.95. The summed E-state index contributed by atoms with van der Waals surface area (Å²) in [6, 6.07) is 16.5. The summed E-state index contributed by atoms with van der Waals surface area (Å²) in [5, 5.41) is 16.1. The van der Waals surface area contributed by atoms with E-state index >= 15 is 0 Å². The molecular weight excluding hydrogens is 470 g/mol. The van der Waals surface area contributed by atoms with Gasteiger partial charge in [-0.05, 0) is 49.7 Å². The van der Waals surface area contributed by atoms with Crippen LogP contribution in [0.25, 0.3) is 0 Å². The summed E-state index contributed by atoms with van der Waals surface area (Å²) in [4.78, 5) is 37.0. The molecule has 0 saturated carbocycles. The van der Waals surface area contributed by atoms with Crippen molar-refractivity contribution < 1.29 is 24.0 Å². The maximum absolute atomic E-state index is 12.9. The molecule has 0 aliphatic heterocycles. The lowest BCUT2D eigenvalue weighted by atomic mass is 10.1. The van der Waals surface area contributed by atoms with Gasteiger partial charge in [-0.1, -0.05) is 18.2 Å². The number of nitrogens with one attached hydrogen (secondary N) is 2. The Morgan fingerprint density at radius 2 is 1.63 bits per heavy atom. The quantitative estimate of drug-likeness (QED) is 0.235. The molecule has 0 bridgehead atoms. The smallest absolute Gasteiger partial charge is 0.271 e. The zero-order valence-electron chi connectivity index (χ0n) is 19.7. The third kappa shape index (κ3) is 6.30. The van der Waals surface area contributed by atoms with Crippen LogP contribution in [0.2, 0.25) is 0 Å². The number of ether oxygens (including phenoxy) is 2. The molecule has 0 radical (unpaired) electrons. The van der Waals surface area contributed by atoms with E-state index in [2.05, 4.69) is 10.6 Å². The van der Waals surface area contributed by atoms with E-state index in [1.165, 1.54) is 38.1 Å². The lowest BCUT2D eigenvalue weighted by Gasteiger charge is -2.15. The molecule has 0 saturated heterocycles. The van der Waals surface area contributed by atoms with Crippen molar-refractivity contribution in [3.05, 3.63) is 81.9 Å². The number of thioether (sulfide) groups is 1. The van der Waals surface area contributed by atoms with Crippen molar-refractivity contribution >= 4 is 40.6 Å². The Labute approximate surface area is 207 Å². The summed E-state index contributed by atoms with van der Waals surface area (Å²) >= 11 is 1.29. The van der Waals surface area contributed by atoms with E-state index in [4.69, 9.17) is 9.47 Å². The van der Waals surface area contributed by atoms with Gasteiger partial charge in [0.2, 0.25) is 5.91 Å². The Morgan fingerprint density at radius 1 is 0.971 bits per heavy atom. The Kier molecular flexibility index (Phi) is 8.32. The second-order valence-corrected chi connectivity index (χ2v) is 8.94. The summed E-state index contributed by atoms with van der Waals surface area (Å²) < 4.78 is 10.6. The molecule has 3 aromatic rings. The molecule has 35 heavy (non-hydrogen) atoms. The van der Waals surface area contributed by atoms with Gasteiger partial charge in [0.15, 0.2) is 0 Å². The molecule has 182 valence electrons. The highest BCUT2D eigenvalue weighted by Gasteiger charge is 2.20. The van der Waals surface area contributed by atoms with E-state index in [0.717, 1.165) is 10.5 Å². The molecule has 9 nitrogen and oxygen atoms in total. The molecule has 2 amide bonds. The van der Waals surface area contributed by atoms with Gasteiger partial charge in [0.1, 0.15) is 17.1 Å². The van der Waals surface area contributed by atoms with Crippen LogP contribution in [0.4, 0.5) is 17.1 Å². The largest absolute Gasteiger partial charge is 0.496 e. The van der Waals surface area contributed by atoms with Crippen molar-refractivity contribution in [2.24, 2.45) is 0 Å². The molecule has 0 aromatic heterocycles. The van der Waals surface area contributed by atoms with Gasteiger partial charge in [-0.25, -0.2) is 0 Å². The van der Waals surface area contributed by atoms with Gasteiger partial charge in [0, 0.05) is 22.7 Å². The van der Waals surface area contributed by atoms with Crippen LogP contribution >= 0.6 is 11.8 Å². The van der Waals surface area contributed by atoms with E-state index in [1.54, 1.807) is 56.3 Å². The fraction of sp³-hybridized carbons (Fsp3) is 0.200. The van der Waals surface area contributed by atoms with Crippen LogP contribution in [-0.4, -0.2) is 36.2 Å². The predicted molar refractivity (Wildman–Crippen MR) is 136 cm³/mol. The van der Waals surface area contributed by atoms with Gasteiger partial charge in [-0.3, -0.25) is 19.7 Å². The number of hydrogen-bond acceptors (Lipinski definition) is 7. The van der Waals surface area contributed by atoms with Crippen molar-refractivity contribution in [3.8, 4) is 11.5 Å². The number of hydrogen-bond donors (Lipinski definition) is 2. The van der Waals surface area contributed by atoms with E-state index < -0.39 is 16.1 Å². The number of nitro groups is 1. The minimum absolute atomic E-state index is 0.0960. The van der Waals surface area contributed by atoms with E-state index in [9.17, 15) is 19.7 Å². The number of nitro benzene ring substituents is 1. The van der Waals surface area contributed by atoms with Crippen LogP contribution in [0.1, 0.15) is 22.8 Å². The number of rotatable bonds is 9. The summed E-state index contributed by atoms with van der Waals surface area (Å²) in [6.45, 7) is 3.50. The number of carbonyl (C=O) groups excluding carboxylic acids is 2. The fourth-order valence-corrected chi connectivity index (χ4v) is 4.19. The number of amides is 2. The van der Waals surface area contributed by atoms with Crippen LogP contribution in [0, 0.1) is 17.0 Å². The third-order valence-electron chi connectivity index (χ3n) is 5.12. The molecule has 3 rings (SSSR count). The number of anilines is 2. The molecular formula is C25H25N3O6S. The van der Waals surface area contributed by atoms with Gasteiger partial charge in [-0.15, -0.1) is 11.8 Å². The number of non-ortho nitro benzene ring substituents is 1. The van der Waals surface area contributed by atoms with Crippen molar-refractivity contribution in [1.82, 2.24) is 0 Å². The van der Waals surface area contributed by atoms with Crippen LogP contribution < -0.4 is 20.1 Å². The molecule has 1 atom stereocenters. The Hall–Kier alpha value is -4.05. The first kappa shape index (κ1) is 25.6. The zero-order valence-corrected chi connectivity index (χ0v) is 20.5. The second kappa shape index (κ2) is 11.4. The Morgan fingerprint density at radius 3 is 2.26 bits per heavy atom. The highest BCUT2D eigenvalue weighted by atomic mass is 32.2.